The van der Waals surface area contributed by atoms with Gasteiger partial charge in [0.2, 0.25) is 5.82 Å². The van der Waals surface area contributed by atoms with Crippen LogP contribution in [0.3, 0.4) is 0 Å². The predicted molar refractivity (Wildman–Crippen MR) is 113 cm³/mol. The number of hydrogen-bond acceptors (Lipinski definition) is 6. The number of carbonyl (C=O) groups excluding carboxylic acids is 1. The Morgan fingerprint density at radius 2 is 1.82 bits per heavy atom. The Balaban J connectivity index is 2.38. The fourth-order valence-electron chi connectivity index (χ4n) is 2.88. The van der Waals surface area contributed by atoms with Crippen LogP contribution in [0.1, 0.15) is 36.1 Å². The van der Waals surface area contributed by atoms with E-state index in [4.69, 9.17) is 9.68 Å². The molecule has 1 amide bonds. The Morgan fingerprint density at radius 3 is 2.42 bits per heavy atom. The van der Waals surface area contributed by atoms with E-state index in [0.717, 1.165) is 17.7 Å². The molecule has 0 unspecified atom stereocenters. The maximum Gasteiger partial charge on any atom is 0.395 e. The standard InChI is InChI=1S/C22H23F4N3O4/c1-12-7-6-8-15(19(29-31-5)21(30)27-4)16(12)11-32-28-13(2)14-9-10-17(23)18(24)20(14)33-22(3,25)26/h6-10H,11H2,1-5H3,(H,27,30)/b28-13+,29-19+. The zero-order valence-corrected chi connectivity index (χ0v) is 18.6. The van der Waals surface area contributed by atoms with Crippen molar-refractivity contribution in [2.45, 2.75) is 33.5 Å². The molecule has 178 valence electrons. The molecule has 2 aromatic rings. The Morgan fingerprint density at radius 1 is 1.12 bits per heavy atom. The Kier molecular flexibility index (Phi) is 8.38. The summed E-state index contributed by atoms with van der Waals surface area (Å²) in [5.41, 5.74) is 1.47. The molecular formula is C22H23F4N3O4. The van der Waals surface area contributed by atoms with Gasteiger partial charge in [-0.2, -0.15) is 13.2 Å². The van der Waals surface area contributed by atoms with Crippen molar-refractivity contribution in [3.05, 3.63) is 64.2 Å². The van der Waals surface area contributed by atoms with Gasteiger partial charge in [0.05, 0.1) is 5.71 Å². The second kappa shape index (κ2) is 10.8. The molecule has 1 N–H and O–H groups in total. The van der Waals surface area contributed by atoms with E-state index < -0.39 is 29.4 Å². The fourth-order valence-corrected chi connectivity index (χ4v) is 2.88. The van der Waals surface area contributed by atoms with Gasteiger partial charge in [0.25, 0.3) is 5.91 Å². The lowest BCUT2D eigenvalue weighted by atomic mass is 9.98. The lowest BCUT2D eigenvalue weighted by Gasteiger charge is -2.17. The molecule has 0 spiro atoms. The van der Waals surface area contributed by atoms with Gasteiger partial charge in [0.1, 0.15) is 13.7 Å². The molecule has 0 fully saturated rings. The molecule has 7 nitrogen and oxygen atoms in total. The summed E-state index contributed by atoms with van der Waals surface area (Å²) >= 11 is 0. The number of aryl methyl sites for hydroxylation is 1. The Bertz CT molecular complexity index is 1080. The van der Waals surface area contributed by atoms with Crippen LogP contribution in [0.4, 0.5) is 17.6 Å². The largest absolute Gasteiger partial charge is 0.429 e. The van der Waals surface area contributed by atoms with Crippen LogP contribution in [0.5, 0.6) is 5.75 Å². The minimum atomic E-state index is -3.75. The van der Waals surface area contributed by atoms with Crippen molar-refractivity contribution >= 4 is 17.3 Å². The van der Waals surface area contributed by atoms with Crippen LogP contribution >= 0.6 is 0 Å². The zero-order chi connectivity index (χ0) is 24.8. The molecule has 0 aliphatic rings. The monoisotopic (exact) mass is 469 g/mol. The highest BCUT2D eigenvalue weighted by Gasteiger charge is 2.29. The highest BCUT2D eigenvalue weighted by Crippen LogP contribution is 2.30. The summed E-state index contributed by atoms with van der Waals surface area (Å²) in [7, 11) is 2.73. The molecule has 0 aromatic heterocycles. The van der Waals surface area contributed by atoms with Crippen LogP contribution < -0.4 is 10.1 Å². The number of ether oxygens (including phenoxy) is 1. The maximum atomic E-state index is 14.1. The third-order valence-electron chi connectivity index (χ3n) is 4.42. The molecule has 2 aromatic carbocycles. The highest BCUT2D eigenvalue weighted by atomic mass is 19.3. The molecule has 0 saturated heterocycles. The molecular weight excluding hydrogens is 446 g/mol. The van der Waals surface area contributed by atoms with Gasteiger partial charge in [-0.15, -0.1) is 0 Å². The minimum Gasteiger partial charge on any atom is -0.429 e. The van der Waals surface area contributed by atoms with Gasteiger partial charge in [-0.25, -0.2) is 4.39 Å². The number of amides is 1. The fraction of sp³-hybridized carbons (Fsp3) is 0.318. The topological polar surface area (TPSA) is 81.5 Å². The zero-order valence-electron chi connectivity index (χ0n) is 18.6. The first kappa shape index (κ1) is 25.6. The van der Waals surface area contributed by atoms with Gasteiger partial charge in [-0.3, -0.25) is 4.79 Å². The number of benzene rings is 2. The van der Waals surface area contributed by atoms with E-state index in [2.05, 4.69) is 20.4 Å². The first-order valence-electron chi connectivity index (χ1n) is 9.64. The summed E-state index contributed by atoms with van der Waals surface area (Å²) < 4.78 is 58.6. The van der Waals surface area contributed by atoms with Crippen molar-refractivity contribution in [1.82, 2.24) is 5.32 Å². The van der Waals surface area contributed by atoms with Crippen LogP contribution in [-0.2, 0) is 21.1 Å². The number of rotatable bonds is 9. The summed E-state index contributed by atoms with van der Waals surface area (Å²) in [6.07, 6.45) is -3.75. The maximum absolute atomic E-state index is 14.1. The highest BCUT2D eigenvalue weighted by molar-refractivity contribution is 6.45. The summed E-state index contributed by atoms with van der Waals surface area (Å²) in [6, 6.07) is 6.95. The summed E-state index contributed by atoms with van der Waals surface area (Å²) in [6.45, 7) is 3.38. The van der Waals surface area contributed by atoms with Crippen molar-refractivity contribution in [2.75, 3.05) is 14.2 Å². The quantitative estimate of drug-likeness (QED) is 0.337. The number of hydrogen-bond donors (Lipinski definition) is 1. The SMILES string of the molecule is CNC(=O)/C(=N/OC)c1cccc(C)c1CO/N=C(\C)c1ccc(F)c(F)c1OC(C)(F)F. The van der Waals surface area contributed by atoms with Crippen LogP contribution in [0.25, 0.3) is 0 Å². The van der Waals surface area contributed by atoms with E-state index in [1.165, 1.54) is 21.1 Å². The van der Waals surface area contributed by atoms with Gasteiger partial charge in [-0.1, -0.05) is 28.5 Å². The summed E-state index contributed by atoms with van der Waals surface area (Å²) in [5.74, 6) is -4.41. The molecule has 0 saturated carbocycles. The lowest BCUT2D eigenvalue weighted by Crippen LogP contribution is -2.29. The Labute approximate surface area is 188 Å². The van der Waals surface area contributed by atoms with Crippen molar-refractivity contribution < 1.29 is 36.8 Å². The van der Waals surface area contributed by atoms with Gasteiger partial charge < -0.3 is 19.7 Å². The van der Waals surface area contributed by atoms with Crippen LogP contribution in [0, 0.1) is 18.6 Å². The predicted octanol–water partition coefficient (Wildman–Crippen LogP) is 4.30. The van der Waals surface area contributed by atoms with Crippen molar-refractivity contribution in [3.63, 3.8) is 0 Å². The molecule has 0 radical (unpaired) electrons. The molecule has 2 rings (SSSR count). The van der Waals surface area contributed by atoms with E-state index in [1.54, 1.807) is 25.1 Å². The van der Waals surface area contributed by atoms with E-state index in [9.17, 15) is 22.4 Å². The summed E-state index contributed by atoms with van der Waals surface area (Å²) in [4.78, 5) is 22.3. The average molecular weight is 469 g/mol. The van der Waals surface area contributed by atoms with E-state index in [1.807, 2.05) is 0 Å². The van der Waals surface area contributed by atoms with E-state index in [-0.39, 0.29) is 23.6 Å². The van der Waals surface area contributed by atoms with E-state index in [0.29, 0.717) is 18.1 Å². The molecule has 0 bridgehead atoms. The number of carbonyl (C=O) groups is 1. The van der Waals surface area contributed by atoms with Crippen LogP contribution in [0.2, 0.25) is 0 Å². The smallest absolute Gasteiger partial charge is 0.395 e. The average Bonchev–Trinajstić information content (AvgIpc) is 2.75. The van der Waals surface area contributed by atoms with Crippen molar-refractivity contribution in [2.24, 2.45) is 10.3 Å². The number of oxime groups is 2. The molecule has 0 heterocycles. The molecule has 11 heteroatoms. The first-order valence-corrected chi connectivity index (χ1v) is 9.64. The molecule has 0 aliphatic carbocycles. The number of nitrogens with zero attached hydrogens (tertiary/aromatic N) is 2. The van der Waals surface area contributed by atoms with Gasteiger partial charge in [0, 0.05) is 30.7 Å². The minimum absolute atomic E-state index is 0.00414. The third kappa shape index (κ3) is 6.43. The van der Waals surface area contributed by atoms with Crippen LogP contribution in [-0.4, -0.2) is 37.6 Å². The second-order valence-electron chi connectivity index (χ2n) is 6.90. The molecule has 0 atom stereocenters. The van der Waals surface area contributed by atoms with Crippen molar-refractivity contribution in [1.29, 1.82) is 0 Å². The number of alkyl halides is 2. The second-order valence-corrected chi connectivity index (χ2v) is 6.90. The number of halogens is 4. The van der Waals surface area contributed by atoms with Gasteiger partial charge in [-0.05, 0) is 31.5 Å². The number of likely N-dealkylation sites (N-methyl/N-ethyl adjacent to an activating group) is 1. The number of nitrogens with one attached hydrogen (secondary N) is 1. The van der Waals surface area contributed by atoms with E-state index >= 15 is 0 Å². The van der Waals surface area contributed by atoms with Gasteiger partial charge >= 0.3 is 6.11 Å². The van der Waals surface area contributed by atoms with Gasteiger partial charge in [0.15, 0.2) is 17.3 Å². The normalized spacial score (nSPS) is 12.4. The Hall–Kier alpha value is -3.63. The van der Waals surface area contributed by atoms with Crippen molar-refractivity contribution in [3.8, 4) is 5.75 Å². The third-order valence-corrected chi connectivity index (χ3v) is 4.42. The summed E-state index contributed by atoms with van der Waals surface area (Å²) in [5, 5.41) is 10.1. The lowest BCUT2D eigenvalue weighted by molar-refractivity contribution is -0.160. The first-order chi connectivity index (χ1) is 15.5. The molecule has 33 heavy (non-hydrogen) atoms. The molecule has 0 aliphatic heterocycles. The van der Waals surface area contributed by atoms with Crippen LogP contribution in [0.15, 0.2) is 40.6 Å².